The van der Waals surface area contributed by atoms with Crippen LogP contribution in [0.1, 0.15) is 41.5 Å². The van der Waals surface area contributed by atoms with Crippen LogP contribution >= 0.6 is 0 Å². The molecule has 1 aliphatic heterocycles. The highest BCUT2D eigenvalue weighted by atomic mass is 19.4. The quantitative estimate of drug-likeness (QED) is 0.419. The smallest absolute Gasteiger partial charge is 0.328 e. The first-order valence-electron chi connectivity index (χ1n) is 13.5. The number of alkyl halides is 3. The van der Waals surface area contributed by atoms with Gasteiger partial charge in [0.2, 0.25) is 11.8 Å². The summed E-state index contributed by atoms with van der Waals surface area (Å²) in [7, 11) is 0. The SMILES string of the molecule is O=C(CN(Cc1cc(F)cc(F)c1)C(=O)C1(C(F)(F)F)CCC1)Nc1ccc2c(c1)C[C@@]1(C2)C(=O)Nc2[nH+]cccc21. The number of nitrogens with zero attached hydrogens (tertiary/aromatic N) is 1. The van der Waals surface area contributed by atoms with Crippen LogP contribution in [0.3, 0.4) is 0 Å². The summed E-state index contributed by atoms with van der Waals surface area (Å²) in [5.74, 6) is -3.50. The molecule has 1 spiro atoms. The van der Waals surface area contributed by atoms with E-state index in [0.29, 0.717) is 35.3 Å². The Morgan fingerprint density at radius 1 is 1.00 bits per heavy atom. The van der Waals surface area contributed by atoms with Gasteiger partial charge in [0.15, 0.2) is 0 Å². The van der Waals surface area contributed by atoms with E-state index in [1.807, 2.05) is 12.1 Å². The number of aromatic nitrogens is 1. The first kappa shape index (κ1) is 27.8. The highest BCUT2D eigenvalue weighted by molar-refractivity contribution is 6.05. The molecule has 1 atom stereocenters. The van der Waals surface area contributed by atoms with Crippen LogP contribution < -0.4 is 15.6 Å². The van der Waals surface area contributed by atoms with Gasteiger partial charge in [-0.25, -0.2) is 23.9 Å². The summed E-state index contributed by atoms with van der Waals surface area (Å²) in [5, 5.41) is 5.51. The zero-order chi connectivity index (χ0) is 29.9. The second-order valence-corrected chi connectivity index (χ2v) is 11.3. The van der Waals surface area contributed by atoms with Crippen LogP contribution in [-0.4, -0.2) is 35.3 Å². The van der Waals surface area contributed by atoms with Crippen LogP contribution in [0.5, 0.6) is 0 Å². The number of halogens is 5. The second kappa shape index (κ2) is 9.88. The predicted octanol–water partition coefficient (Wildman–Crippen LogP) is 4.47. The molecule has 42 heavy (non-hydrogen) atoms. The van der Waals surface area contributed by atoms with Crippen LogP contribution in [0, 0.1) is 17.0 Å². The van der Waals surface area contributed by atoms with Crippen LogP contribution in [0.2, 0.25) is 0 Å². The number of amides is 3. The van der Waals surface area contributed by atoms with Crippen molar-refractivity contribution in [2.75, 3.05) is 17.2 Å². The Hall–Kier alpha value is -4.35. The van der Waals surface area contributed by atoms with Crippen LogP contribution in [0.15, 0.2) is 54.7 Å². The summed E-state index contributed by atoms with van der Waals surface area (Å²) in [4.78, 5) is 43.1. The summed E-state index contributed by atoms with van der Waals surface area (Å²) in [6, 6.07) is 11.2. The zero-order valence-electron chi connectivity index (χ0n) is 22.2. The lowest BCUT2D eigenvalue weighted by atomic mass is 9.67. The van der Waals surface area contributed by atoms with Crippen molar-refractivity contribution in [2.24, 2.45) is 5.41 Å². The van der Waals surface area contributed by atoms with Crippen LogP contribution in [0.4, 0.5) is 33.5 Å². The molecule has 0 unspecified atom stereocenters. The third kappa shape index (κ3) is 4.58. The summed E-state index contributed by atoms with van der Waals surface area (Å²) < 4.78 is 69.6. The molecule has 218 valence electrons. The maximum atomic E-state index is 14.0. The highest BCUT2D eigenvalue weighted by Crippen LogP contribution is 2.54. The fourth-order valence-corrected chi connectivity index (χ4v) is 6.35. The van der Waals surface area contributed by atoms with E-state index in [2.05, 4.69) is 15.6 Å². The van der Waals surface area contributed by atoms with E-state index in [4.69, 9.17) is 0 Å². The highest BCUT2D eigenvalue weighted by Gasteiger charge is 2.64. The Kier molecular flexibility index (Phi) is 6.54. The Labute approximate surface area is 237 Å². The molecule has 7 nitrogen and oxygen atoms in total. The number of hydrogen-bond donors (Lipinski definition) is 2. The number of carbonyl (C=O) groups is 3. The average molecular weight is 586 g/mol. The van der Waals surface area contributed by atoms with Crippen molar-refractivity contribution in [1.82, 2.24) is 4.90 Å². The molecule has 3 amide bonds. The maximum Gasteiger partial charge on any atom is 0.403 e. The van der Waals surface area contributed by atoms with Gasteiger partial charge in [0, 0.05) is 18.3 Å². The Morgan fingerprint density at radius 3 is 2.38 bits per heavy atom. The number of carbonyl (C=O) groups excluding carboxylic acids is 3. The standard InChI is InChI=1S/C30H25F5N4O3/c31-20-9-17(10-21(32)12-20)15-39(27(42)29(6-2-7-29)30(33,34)35)16-24(40)37-22-5-4-18-13-28(14-19(18)11-22)23-3-1-8-36-25(23)38-26(28)41/h1,3-5,8-12H,2,6-7,13-16H2,(H,37,40)(H,36,38,41)/p+1/t28-/m1/s1. The Balaban J connectivity index is 1.22. The van der Waals surface area contributed by atoms with E-state index in [-0.39, 0.29) is 17.9 Å². The zero-order valence-corrected chi connectivity index (χ0v) is 22.2. The van der Waals surface area contributed by atoms with Crippen molar-refractivity contribution in [3.05, 3.63) is 88.6 Å². The first-order valence-corrected chi connectivity index (χ1v) is 13.5. The number of rotatable bonds is 6. The monoisotopic (exact) mass is 585 g/mol. The van der Waals surface area contributed by atoms with E-state index < -0.39 is 66.4 Å². The summed E-state index contributed by atoms with van der Waals surface area (Å²) in [6.07, 6.45) is -2.95. The van der Waals surface area contributed by atoms with E-state index in [1.165, 1.54) is 0 Å². The molecule has 1 saturated carbocycles. The molecule has 6 rings (SSSR count). The van der Waals surface area contributed by atoms with Gasteiger partial charge in [0.1, 0.15) is 29.0 Å². The van der Waals surface area contributed by atoms with E-state index >= 15 is 0 Å². The van der Waals surface area contributed by atoms with E-state index in [1.54, 1.807) is 24.4 Å². The van der Waals surface area contributed by atoms with Gasteiger partial charge in [0.05, 0.1) is 11.8 Å². The second-order valence-electron chi connectivity index (χ2n) is 11.3. The van der Waals surface area contributed by atoms with Gasteiger partial charge in [-0.1, -0.05) is 12.5 Å². The average Bonchev–Trinajstić information content (AvgIpc) is 3.38. The molecular formula is C30H26F5N4O3+. The number of fused-ring (bicyclic) bond motifs is 3. The molecule has 1 aromatic heterocycles. The molecule has 12 heteroatoms. The van der Waals surface area contributed by atoms with Crippen LogP contribution in [-0.2, 0) is 39.2 Å². The third-order valence-electron chi connectivity index (χ3n) is 8.60. The topological polar surface area (TPSA) is 92.7 Å². The lowest BCUT2D eigenvalue weighted by molar-refractivity contribution is -0.360. The number of anilines is 2. The lowest BCUT2D eigenvalue weighted by Gasteiger charge is -2.44. The minimum Gasteiger partial charge on any atom is -0.328 e. The maximum absolute atomic E-state index is 14.0. The van der Waals surface area contributed by atoms with Crippen molar-refractivity contribution in [2.45, 2.75) is 50.2 Å². The predicted molar refractivity (Wildman–Crippen MR) is 140 cm³/mol. The van der Waals surface area contributed by atoms with Crippen molar-refractivity contribution in [1.29, 1.82) is 0 Å². The van der Waals surface area contributed by atoms with Gasteiger partial charge < -0.3 is 10.2 Å². The number of H-pyrrole nitrogens is 1. The van der Waals surface area contributed by atoms with Crippen LogP contribution in [0.25, 0.3) is 0 Å². The minimum atomic E-state index is -4.84. The Bertz CT molecular complexity index is 1600. The largest absolute Gasteiger partial charge is 0.403 e. The third-order valence-corrected chi connectivity index (χ3v) is 8.60. The van der Waals surface area contributed by atoms with E-state index in [0.717, 1.165) is 28.8 Å². The molecule has 1 fully saturated rings. The molecule has 3 aromatic rings. The van der Waals surface area contributed by atoms with E-state index in [9.17, 15) is 36.3 Å². The minimum absolute atomic E-state index is 0.0829. The normalized spacial score (nSPS) is 20.0. The van der Waals surface area contributed by atoms with Crippen molar-refractivity contribution >= 4 is 29.2 Å². The number of hydrogen-bond acceptors (Lipinski definition) is 3. The molecule has 3 aliphatic rings. The van der Waals surface area contributed by atoms with Gasteiger partial charge in [-0.3, -0.25) is 9.59 Å². The fourth-order valence-electron chi connectivity index (χ4n) is 6.35. The molecule has 3 N–H and O–H groups in total. The summed E-state index contributed by atoms with van der Waals surface area (Å²) in [6.45, 7) is -1.35. The number of benzene rings is 2. The fraction of sp³-hybridized carbons (Fsp3) is 0.333. The summed E-state index contributed by atoms with van der Waals surface area (Å²) in [5.41, 5.74) is -0.593. The molecule has 0 radical (unpaired) electrons. The van der Waals surface area contributed by atoms with Gasteiger partial charge in [-0.05, 0) is 78.8 Å². The van der Waals surface area contributed by atoms with Gasteiger partial charge in [0.25, 0.3) is 5.82 Å². The first-order chi connectivity index (χ1) is 19.9. The Morgan fingerprint density at radius 2 is 1.71 bits per heavy atom. The van der Waals surface area contributed by atoms with Gasteiger partial charge >= 0.3 is 12.1 Å². The summed E-state index contributed by atoms with van der Waals surface area (Å²) >= 11 is 0. The molecule has 0 bridgehead atoms. The molecule has 0 saturated heterocycles. The van der Waals surface area contributed by atoms with Gasteiger partial charge in [-0.2, -0.15) is 13.2 Å². The molecule has 2 aromatic carbocycles. The number of aromatic amines is 1. The molecule has 2 heterocycles. The number of nitrogens with one attached hydrogen (secondary N) is 3. The number of pyridine rings is 1. The van der Waals surface area contributed by atoms with Gasteiger partial charge in [-0.15, -0.1) is 0 Å². The molecular weight excluding hydrogens is 559 g/mol. The van der Waals surface area contributed by atoms with Crippen molar-refractivity contribution in [3.8, 4) is 0 Å². The van der Waals surface area contributed by atoms with Crippen molar-refractivity contribution in [3.63, 3.8) is 0 Å². The van der Waals surface area contributed by atoms with Crippen molar-refractivity contribution < 1.29 is 41.3 Å². The molecule has 2 aliphatic carbocycles. The lowest BCUT2D eigenvalue weighted by Crippen LogP contribution is -2.57.